The van der Waals surface area contributed by atoms with Gasteiger partial charge in [0.15, 0.2) is 0 Å². The molecule has 0 aromatic heterocycles. The summed E-state index contributed by atoms with van der Waals surface area (Å²) in [6.07, 6.45) is 21.6. The molecule has 190 valence electrons. The van der Waals surface area contributed by atoms with Crippen LogP contribution in [0.5, 0.6) is 0 Å². The molecule has 0 unspecified atom stereocenters. The molecule has 0 bridgehead atoms. The second-order valence-electron chi connectivity index (χ2n) is 13.4. The van der Waals surface area contributed by atoms with Gasteiger partial charge in [-0.05, 0) is 0 Å². The Hall–Kier alpha value is 0.390. The maximum absolute atomic E-state index is 2.58. The third kappa shape index (κ3) is 12.4. The summed E-state index contributed by atoms with van der Waals surface area (Å²) in [6.45, 7) is 22.9. The van der Waals surface area contributed by atoms with Crippen molar-refractivity contribution in [3.63, 3.8) is 0 Å². The van der Waals surface area contributed by atoms with E-state index < -0.39 is 7.26 Å². The van der Waals surface area contributed by atoms with E-state index in [9.17, 15) is 0 Å². The zero-order valence-corrected chi connectivity index (χ0v) is 25.0. The molecule has 0 rings (SSSR count). The van der Waals surface area contributed by atoms with Crippen LogP contribution >= 0.6 is 7.26 Å². The predicted molar refractivity (Wildman–Crippen MR) is 151 cm³/mol. The molecule has 0 fully saturated rings. The Balaban J connectivity index is 4.82. The molecule has 0 aliphatic carbocycles. The molecule has 0 aliphatic heterocycles. The van der Waals surface area contributed by atoms with Crippen LogP contribution in [0.15, 0.2) is 0 Å². The summed E-state index contributed by atoms with van der Waals surface area (Å²) >= 11 is 0. The summed E-state index contributed by atoms with van der Waals surface area (Å²) in [5.41, 5.74) is 0. The quantitative estimate of drug-likeness (QED) is 0.109. The number of nitrogens with zero attached hydrogens (tertiary/aromatic N) is 1. The molecule has 0 radical (unpaired) electrons. The fourth-order valence-electron chi connectivity index (χ4n) is 6.20. The van der Waals surface area contributed by atoms with Crippen molar-refractivity contribution in [2.45, 2.75) is 149 Å². The van der Waals surface area contributed by atoms with Crippen LogP contribution in [-0.2, 0) is 0 Å². The molecule has 0 atom stereocenters. The van der Waals surface area contributed by atoms with Crippen LogP contribution in [0.3, 0.4) is 0 Å². The average molecular weight is 459 g/mol. The van der Waals surface area contributed by atoms with Crippen molar-refractivity contribution in [2.75, 3.05) is 39.5 Å². The van der Waals surface area contributed by atoms with Gasteiger partial charge in [-0.3, -0.25) is 0 Å². The topological polar surface area (TPSA) is 0 Å². The average Bonchev–Trinajstić information content (AvgIpc) is 2.63. The van der Waals surface area contributed by atoms with E-state index in [1.807, 2.05) is 0 Å². The fourth-order valence-corrected chi connectivity index (χ4v) is 13.3. The molecule has 1 nitrogen and oxygen atoms in total. The van der Waals surface area contributed by atoms with Crippen LogP contribution in [-0.4, -0.2) is 54.3 Å². The molecule has 0 spiro atoms. The van der Waals surface area contributed by atoms with Crippen LogP contribution in [0.1, 0.15) is 139 Å². The molecule has 0 saturated carbocycles. The molecular weight excluding hydrogens is 393 g/mol. The Morgan fingerprint density at radius 2 is 0.839 bits per heavy atom. The first-order chi connectivity index (χ1) is 14.3. The van der Waals surface area contributed by atoms with Gasteiger partial charge >= 0.3 is 200 Å². The standard InChI is InChI=1S/C29H65NP/c1-11-13-15-17-19-21-24-30(9,10)25-23-27-31(28(3,4)5,29(6,7)8)26-22-20-18-16-14-12-2/h31H,11-27H2,1-10H3/q+1. The predicted octanol–water partition coefficient (Wildman–Crippen LogP) is 9.52. The normalized spacial score (nSPS) is 14.3. The van der Waals surface area contributed by atoms with Gasteiger partial charge in [-0.25, -0.2) is 0 Å². The van der Waals surface area contributed by atoms with Crippen LogP contribution in [0.2, 0.25) is 0 Å². The second kappa shape index (κ2) is 15.3. The van der Waals surface area contributed by atoms with Gasteiger partial charge in [-0.15, -0.1) is 0 Å². The second-order valence-corrected chi connectivity index (χ2v) is 19.5. The minimum atomic E-state index is -1.43. The molecule has 0 heterocycles. The van der Waals surface area contributed by atoms with Crippen molar-refractivity contribution in [3.8, 4) is 0 Å². The first kappa shape index (κ1) is 31.4. The summed E-state index contributed by atoms with van der Waals surface area (Å²) in [5, 5.41) is 0.982. The molecule has 0 aliphatic rings. The summed E-state index contributed by atoms with van der Waals surface area (Å²) in [6, 6.07) is 0. The third-order valence-electron chi connectivity index (χ3n) is 8.31. The third-order valence-corrected chi connectivity index (χ3v) is 16.5. The van der Waals surface area contributed by atoms with Gasteiger partial charge in [0, 0.05) is 0 Å². The van der Waals surface area contributed by atoms with E-state index in [1.165, 1.54) is 113 Å². The first-order valence-corrected chi connectivity index (χ1v) is 16.6. The van der Waals surface area contributed by atoms with Crippen LogP contribution in [0.25, 0.3) is 0 Å². The SMILES string of the molecule is CCCCCCCC[N+](C)(C)CCC[PH](CCCCCCCC)(C(C)(C)C)C(C)(C)C. The van der Waals surface area contributed by atoms with E-state index in [2.05, 4.69) is 69.5 Å². The molecule has 0 N–H and O–H groups in total. The van der Waals surface area contributed by atoms with Crippen molar-refractivity contribution in [2.24, 2.45) is 0 Å². The number of hydrogen-bond donors (Lipinski definition) is 0. The Morgan fingerprint density at radius 3 is 1.29 bits per heavy atom. The van der Waals surface area contributed by atoms with Gasteiger partial charge in [0.1, 0.15) is 0 Å². The van der Waals surface area contributed by atoms with E-state index in [4.69, 9.17) is 0 Å². The van der Waals surface area contributed by atoms with Gasteiger partial charge < -0.3 is 0 Å². The van der Waals surface area contributed by atoms with Crippen LogP contribution in [0.4, 0.5) is 0 Å². The Morgan fingerprint density at radius 1 is 0.484 bits per heavy atom. The summed E-state index contributed by atoms with van der Waals surface area (Å²) in [5.74, 6) is 0. The van der Waals surface area contributed by atoms with Gasteiger partial charge in [0.2, 0.25) is 0 Å². The number of rotatable bonds is 18. The molecule has 31 heavy (non-hydrogen) atoms. The molecule has 0 aromatic rings. The van der Waals surface area contributed by atoms with Gasteiger partial charge in [-0.1, -0.05) is 0 Å². The van der Waals surface area contributed by atoms with Gasteiger partial charge in [0.05, 0.1) is 0 Å². The Kier molecular flexibility index (Phi) is 15.5. The van der Waals surface area contributed by atoms with Gasteiger partial charge in [-0.2, -0.15) is 0 Å². The van der Waals surface area contributed by atoms with Crippen molar-refractivity contribution in [1.29, 1.82) is 0 Å². The van der Waals surface area contributed by atoms with E-state index in [-0.39, 0.29) is 0 Å². The Bertz CT molecular complexity index is 413. The van der Waals surface area contributed by atoms with E-state index >= 15 is 0 Å². The van der Waals surface area contributed by atoms with Crippen molar-refractivity contribution in [3.05, 3.63) is 0 Å². The molecule has 0 aromatic carbocycles. The number of quaternary nitrogens is 1. The zero-order valence-electron chi connectivity index (χ0n) is 24.0. The summed E-state index contributed by atoms with van der Waals surface area (Å²) < 4.78 is 1.23. The Labute approximate surface area is 200 Å². The maximum atomic E-state index is 2.58. The van der Waals surface area contributed by atoms with Crippen molar-refractivity contribution < 1.29 is 4.48 Å². The molecule has 0 amide bonds. The summed E-state index contributed by atoms with van der Waals surface area (Å²) in [4.78, 5) is 0. The van der Waals surface area contributed by atoms with Crippen molar-refractivity contribution in [1.82, 2.24) is 0 Å². The molecule has 0 saturated heterocycles. The zero-order chi connectivity index (χ0) is 24.0. The number of unbranched alkanes of at least 4 members (excludes halogenated alkanes) is 10. The van der Waals surface area contributed by atoms with Crippen LogP contribution < -0.4 is 0 Å². The first-order valence-electron chi connectivity index (χ1n) is 14.1. The van der Waals surface area contributed by atoms with Crippen LogP contribution in [0, 0.1) is 0 Å². The molecular formula is C29H65NP+. The fraction of sp³-hybridized carbons (Fsp3) is 1.00. The van der Waals surface area contributed by atoms with E-state index in [1.54, 1.807) is 0 Å². The molecule has 2 heteroatoms. The number of hydrogen-bond acceptors (Lipinski definition) is 0. The van der Waals surface area contributed by atoms with Gasteiger partial charge in [0.25, 0.3) is 0 Å². The van der Waals surface area contributed by atoms with E-state index in [0.717, 1.165) is 0 Å². The summed E-state index contributed by atoms with van der Waals surface area (Å²) in [7, 11) is 3.54. The van der Waals surface area contributed by atoms with Crippen molar-refractivity contribution >= 4 is 7.26 Å². The van der Waals surface area contributed by atoms with E-state index in [0.29, 0.717) is 10.3 Å². The monoisotopic (exact) mass is 458 g/mol. The minimum absolute atomic E-state index is 0.491.